The Morgan fingerprint density at radius 2 is 1.42 bits per heavy atom. The summed E-state index contributed by atoms with van der Waals surface area (Å²) in [5.74, 6) is -0.902. The lowest BCUT2D eigenvalue weighted by Crippen LogP contribution is -2.38. The number of rotatable bonds is 9. The number of nitrogens with one attached hydrogen (secondary N) is 2. The van der Waals surface area contributed by atoms with Gasteiger partial charge in [0.15, 0.2) is 11.5 Å². The van der Waals surface area contributed by atoms with Crippen molar-refractivity contribution in [1.82, 2.24) is 0 Å². The predicted molar refractivity (Wildman–Crippen MR) is 156 cm³/mol. The Hall–Kier alpha value is -4.83. The number of fused-ring (bicyclic) bond motifs is 1. The molecule has 0 fully saturated rings. The first kappa shape index (κ1) is 31.6. The van der Waals surface area contributed by atoms with Crippen molar-refractivity contribution in [3.63, 3.8) is 0 Å². The molecular formula is C29H23F4N3O7S2. The number of alkyl halides is 3. The van der Waals surface area contributed by atoms with Crippen molar-refractivity contribution in [2.75, 3.05) is 34.1 Å². The second-order valence-corrected chi connectivity index (χ2v) is 13.1. The zero-order valence-electron chi connectivity index (χ0n) is 22.9. The van der Waals surface area contributed by atoms with Gasteiger partial charge < -0.3 is 14.8 Å². The number of hydrogen-bond donors (Lipinski definition) is 2. The summed E-state index contributed by atoms with van der Waals surface area (Å²) < 4.78 is 119. The number of sulfonamides is 2. The van der Waals surface area contributed by atoms with Crippen LogP contribution >= 0.6 is 0 Å². The van der Waals surface area contributed by atoms with Crippen molar-refractivity contribution < 1.29 is 48.7 Å². The van der Waals surface area contributed by atoms with Gasteiger partial charge in [0.25, 0.3) is 20.0 Å². The zero-order valence-corrected chi connectivity index (χ0v) is 24.5. The Balaban J connectivity index is 1.33. The first-order valence-corrected chi connectivity index (χ1v) is 15.9. The predicted octanol–water partition coefficient (Wildman–Crippen LogP) is 5.25. The number of hydrogen-bond acceptors (Lipinski definition) is 7. The molecule has 4 aromatic carbocycles. The highest BCUT2D eigenvalue weighted by molar-refractivity contribution is 7.93. The molecule has 0 unspecified atom stereocenters. The molecule has 4 aromatic rings. The van der Waals surface area contributed by atoms with E-state index in [1.165, 1.54) is 42.5 Å². The lowest BCUT2D eigenvalue weighted by Gasteiger charge is -2.25. The fourth-order valence-electron chi connectivity index (χ4n) is 4.26. The third-order valence-corrected chi connectivity index (χ3v) is 9.56. The van der Waals surface area contributed by atoms with Gasteiger partial charge in [-0.05, 0) is 78.9 Å². The summed E-state index contributed by atoms with van der Waals surface area (Å²) >= 11 is 0. The van der Waals surface area contributed by atoms with Crippen LogP contribution in [0, 0.1) is 5.82 Å². The largest absolute Gasteiger partial charge is 0.486 e. The van der Waals surface area contributed by atoms with Crippen LogP contribution in [0.5, 0.6) is 11.5 Å². The molecule has 0 saturated carbocycles. The molecule has 0 radical (unpaired) electrons. The minimum atomic E-state index is -4.67. The van der Waals surface area contributed by atoms with Gasteiger partial charge in [-0.3, -0.25) is 13.8 Å². The molecule has 10 nitrogen and oxygen atoms in total. The number of benzene rings is 4. The van der Waals surface area contributed by atoms with Crippen LogP contribution in [-0.4, -0.2) is 42.5 Å². The van der Waals surface area contributed by atoms with Gasteiger partial charge in [-0.25, -0.2) is 21.2 Å². The monoisotopic (exact) mass is 665 g/mol. The maximum Gasteiger partial charge on any atom is 0.416 e. The summed E-state index contributed by atoms with van der Waals surface area (Å²) in [7, 11) is -8.70. The first-order chi connectivity index (χ1) is 21.2. The molecule has 1 aliphatic rings. The van der Waals surface area contributed by atoms with Crippen molar-refractivity contribution in [2.24, 2.45) is 0 Å². The Morgan fingerprint density at radius 1 is 0.778 bits per heavy atom. The average molecular weight is 666 g/mol. The number of nitrogens with zero attached hydrogens (tertiary/aromatic N) is 1. The number of carbonyl (C=O) groups excluding carboxylic acids is 1. The van der Waals surface area contributed by atoms with Gasteiger partial charge >= 0.3 is 6.18 Å². The second-order valence-electron chi connectivity index (χ2n) is 9.55. The third-order valence-electron chi connectivity index (χ3n) is 6.39. The van der Waals surface area contributed by atoms with Crippen molar-refractivity contribution in [3.05, 3.63) is 102 Å². The van der Waals surface area contributed by atoms with Gasteiger partial charge in [-0.15, -0.1) is 0 Å². The van der Waals surface area contributed by atoms with Crippen LogP contribution in [0.2, 0.25) is 0 Å². The van der Waals surface area contributed by atoms with E-state index in [-0.39, 0.29) is 39.2 Å². The molecule has 0 aliphatic carbocycles. The minimum Gasteiger partial charge on any atom is -0.486 e. The average Bonchev–Trinajstić information content (AvgIpc) is 3.00. The summed E-state index contributed by atoms with van der Waals surface area (Å²) in [5.41, 5.74) is -1.26. The van der Waals surface area contributed by atoms with Gasteiger partial charge in [0.1, 0.15) is 25.6 Å². The van der Waals surface area contributed by atoms with E-state index in [4.69, 9.17) is 9.47 Å². The van der Waals surface area contributed by atoms with Gasteiger partial charge in [-0.1, -0.05) is 6.07 Å². The second kappa shape index (κ2) is 12.3. The molecule has 0 aromatic heterocycles. The fourth-order valence-corrected chi connectivity index (χ4v) is 6.74. The Morgan fingerprint density at radius 3 is 2.09 bits per heavy atom. The van der Waals surface area contributed by atoms with Crippen LogP contribution in [0.4, 0.5) is 34.6 Å². The first-order valence-electron chi connectivity index (χ1n) is 13.0. The fraction of sp³-hybridized carbons (Fsp3) is 0.138. The molecule has 16 heteroatoms. The smallest absolute Gasteiger partial charge is 0.416 e. The van der Waals surface area contributed by atoms with Crippen LogP contribution in [0.1, 0.15) is 5.56 Å². The highest BCUT2D eigenvalue weighted by atomic mass is 32.2. The molecule has 0 bridgehead atoms. The van der Waals surface area contributed by atoms with E-state index in [2.05, 4.69) is 10.0 Å². The molecule has 0 atom stereocenters. The summed E-state index contributed by atoms with van der Waals surface area (Å²) in [5, 5.41) is 2.48. The number of carbonyl (C=O) groups is 1. The lowest BCUT2D eigenvalue weighted by molar-refractivity contribution is -0.137. The standard InChI is InChI=1S/C29H23F4N3O7S2/c30-20-4-8-23(9-5-20)36(45(40,41)25-12-13-26-27(17-25)43-15-14-42-26)18-28(37)34-21-6-10-24(11-7-21)44(38,39)35-22-3-1-2-19(16-22)29(31,32)33/h1-13,16-17,35H,14-15,18H2,(H,34,37). The molecule has 2 N–H and O–H groups in total. The molecule has 1 heterocycles. The van der Waals surface area contributed by atoms with E-state index in [1.807, 2.05) is 0 Å². The molecule has 1 amide bonds. The molecule has 5 rings (SSSR count). The molecule has 236 valence electrons. The Labute approximate surface area is 255 Å². The van der Waals surface area contributed by atoms with Crippen molar-refractivity contribution >= 4 is 43.0 Å². The molecule has 1 aliphatic heterocycles. The maximum absolute atomic E-state index is 13.7. The number of anilines is 3. The van der Waals surface area contributed by atoms with Crippen molar-refractivity contribution in [1.29, 1.82) is 0 Å². The van der Waals surface area contributed by atoms with E-state index in [0.29, 0.717) is 18.4 Å². The summed E-state index contributed by atoms with van der Waals surface area (Å²) in [4.78, 5) is 12.5. The van der Waals surface area contributed by atoms with Gasteiger partial charge in [0.2, 0.25) is 5.91 Å². The van der Waals surface area contributed by atoms with E-state index in [9.17, 15) is 39.2 Å². The third kappa shape index (κ3) is 7.29. The maximum atomic E-state index is 13.7. The topological polar surface area (TPSA) is 131 Å². The molecule has 0 saturated heterocycles. The van der Waals surface area contributed by atoms with Crippen LogP contribution in [0.25, 0.3) is 0 Å². The van der Waals surface area contributed by atoms with Crippen LogP contribution in [-0.2, 0) is 31.0 Å². The summed E-state index contributed by atoms with van der Waals surface area (Å²) in [6, 6.07) is 16.7. The molecule has 0 spiro atoms. The SMILES string of the molecule is O=C(CN(c1ccc(F)cc1)S(=O)(=O)c1ccc2c(c1)OCCO2)Nc1ccc(S(=O)(=O)Nc2cccc(C(F)(F)F)c2)cc1. The van der Waals surface area contributed by atoms with Crippen molar-refractivity contribution in [2.45, 2.75) is 16.0 Å². The van der Waals surface area contributed by atoms with E-state index < -0.39 is 50.1 Å². The zero-order chi connectivity index (χ0) is 32.4. The van der Waals surface area contributed by atoms with E-state index in [1.54, 1.807) is 0 Å². The van der Waals surface area contributed by atoms with E-state index in [0.717, 1.165) is 46.8 Å². The van der Waals surface area contributed by atoms with E-state index >= 15 is 0 Å². The summed E-state index contributed by atoms with van der Waals surface area (Å²) in [6.07, 6.45) is -4.67. The Bertz CT molecular complexity index is 1940. The molecule has 45 heavy (non-hydrogen) atoms. The lowest BCUT2D eigenvalue weighted by atomic mass is 10.2. The number of halogens is 4. The number of ether oxygens (including phenoxy) is 2. The Kier molecular flexibility index (Phi) is 8.62. The highest BCUT2D eigenvalue weighted by Crippen LogP contribution is 2.35. The summed E-state index contributed by atoms with van der Waals surface area (Å²) in [6.45, 7) is -0.248. The van der Waals surface area contributed by atoms with Gasteiger partial charge in [0.05, 0.1) is 21.0 Å². The number of amides is 1. The minimum absolute atomic E-state index is 0.0106. The van der Waals surface area contributed by atoms with Crippen LogP contribution in [0.3, 0.4) is 0 Å². The quantitative estimate of drug-likeness (QED) is 0.234. The van der Waals surface area contributed by atoms with Crippen LogP contribution < -0.4 is 23.8 Å². The van der Waals surface area contributed by atoms with Crippen LogP contribution in [0.15, 0.2) is 101 Å². The normalized spacial score (nSPS) is 13.2. The van der Waals surface area contributed by atoms with Gasteiger partial charge in [-0.2, -0.15) is 13.2 Å². The van der Waals surface area contributed by atoms with Gasteiger partial charge in [0, 0.05) is 17.4 Å². The van der Waals surface area contributed by atoms with Crippen molar-refractivity contribution in [3.8, 4) is 11.5 Å². The molecular weight excluding hydrogens is 642 g/mol. The highest BCUT2D eigenvalue weighted by Gasteiger charge is 2.31.